The van der Waals surface area contributed by atoms with E-state index in [1.54, 1.807) is 4.57 Å². The number of carbonyl (C=O) groups is 1. The van der Waals surface area contributed by atoms with Gasteiger partial charge in [-0.2, -0.15) is 0 Å². The van der Waals surface area contributed by atoms with Gasteiger partial charge in [-0.1, -0.05) is 30.0 Å². The first-order valence-electron chi connectivity index (χ1n) is 10.5. The molecule has 0 spiro atoms. The first-order valence-corrected chi connectivity index (χ1v) is 12.3. The number of carbonyl (C=O) groups excluding carboxylic acids is 1. The largest absolute Gasteiger partial charge is 0.376 e. The van der Waals surface area contributed by atoms with E-state index in [0.29, 0.717) is 22.2 Å². The van der Waals surface area contributed by atoms with Crippen LogP contribution in [-0.4, -0.2) is 43.5 Å². The number of aromatic nitrogens is 4. The molecule has 3 aromatic heterocycles. The maximum atomic E-state index is 13.1. The molecule has 1 aliphatic rings. The van der Waals surface area contributed by atoms with Crippen LogP contribution in [0.15, 0.2) is 39.6 Å². The third kappa shape index (κ3) is 3.82. The van der Waals surface area contributed by atoms with Gasteiger partial charge in [0.1, 0.15) is 4.70 Å². The molecule has 1 fully saturated rings. The average molecular weight is 470 g/mol. The smallest absolute Gasteiger partial charge is 0.272 e. The Bertz CT molecular complexity index is 1350. The number of rotatable bonds is 6. The molecule has 1 saturated heterocycles. The first-order chi connectivity index (χ1) is 15.5. The third-order valence-electron chi connectivity index (χ3n) is 5.67. The molecular formula is C22H23N5O3S2. The fourth-order valence-electron chi connectivity index (χ4n) is 4.07. The van der Waals surface area contributed by atoms with Gasteiger partial charge in [-0.3, -0.25) is 18.6 Å². The monoisotopic (exact) mass is 469 g/mol. The van der Waals surface area contributed by atoms with Gasteiger partial charge >= 0.3 is 0 Å². The average Bonchev–Trinajstić information content (AvgIpc) is 3.52. The lowest BCUT2D eigenvalue weighted by Gasteiger charge is -2.13. The van der Waals surface area contributed by atoms with Gasteiger partial charge < -0.3 is 10.1 Å². The molecule has 0 aliphatic carbocycles. The molecule has 10 heteroatoms. The number of benzene rings is 1. The van der Waals surface area contributed by atoms with Crippen molar-refractivity contribution in [2.45, 2.75) is 44.5 Å². The summed E-state index contributed by atoms with van der Waals surface area (Å²) in [5, 5.41) is 14.1. The molecule has 1 N–H and O–H groups in total. The molecule has 32 heavy (non-hydrogen) atoms. The Balaban J connectivity index is 1.44. The summed E-state index contributed by atoms with van der Waals surface area (Å²) in [6.45, 7) is 5.12. The van der Waals surface area contributed by atoms with E-state index < -0.39 is 0 Å². The number of thiophene rings is 1. The number of nitrogens with zero attached hydrogens (tertiary/aromatic N) is 4. The highest BCUT2D eigenvalue weighted by atomic mass is 32.2. The van der Waals surface area contributed by atoms with Crippen LogP contribution in [0.1, 0.15) is 24.0 Å². The van der Waals surface area contributed by atoms with Crippen LogP contribution >= 0.6 is 23.1 Å². The van der Waals surface area contributed by atoms with Crippen LogP contribution in [0, 0.1) is 13.8 Å². The molecule has 166 valence electrons. The highest BCUT2D eigenvalue weighted by Gasteiger charge is 2.23. The number of para-hydroxylation sites is 1. The van der Waals surface area contributed by atoms with Gasteiger partial charge in [0.15, 0.2) is 5.16 Å². The summed E-state index contributed by atoms with van der Waals surface area (Å²) in [6.07, 6.45) is 1.93. The van der Waals surface area contributed by atoms with Crippen molar-refractivity contribution in [3.63, 3.8) is 0 Å². The van der Waals surface area contributed by atoms with Gasteiger partial charge in [0, 0.05) is 12.3 Å². The van der Waals surface area contributed by atoms with E-state index in [0.717, 1.165) is 41.8 Å². The number of ether oxygens (including phenoxy) is 1. The van der Waals surface area contributed by atoms with Gasteiger partial charge in [0.25, 0.3) is 5.56 Å². The summed E-state index contributed by atoms with van der Waals surface area (Å²) in [4.78, 5) is 25.8. The number of hydrogen-bond acceptors (Lipinski definition) is 7. The summed E-state index contributed by atoms with van der Waals surface area (Å²) >= 11 is 2.71. The Hall–Kier alpha value is -2.69. The van der Waals surface area contributed by atoms with E-state index in [1.807, 2.05) is 47.9 Å². The predicted molar refractivity (Wildman–Crippen MR) is 127 cm³/mol. The Labute approximate surface area is 192 Å². The van der Waals surface area contributed by atoms with Crippen LogP contribution in [0.3, 0.4) is 0 Å². The molecule has 1 aromatic carbocycles. The zero-order chi connectivity index (χ0) is 22.2. The number of aryl methyl sites for hydroxylation is 2. The molecule has 1 aliphatic heterocycles. The van der Waals surface area contributed by atoms with E-state index in [4.69, 9.17) is 4.74 Å². The van der Waals surface area contributed by atoms with Gasteiger partial charge in [-0.05, 0) is 49.3 Å². The molecule has 4 heterocycles. The van der Waals surface area contributed by atoms with Crippen molar-refractivity contribution >= 4 is 50.7 Å². The summed E-state index contributed by atoms with van der Waals surface area (Å²) in [5.74, 6) is 0.554. The number of nitrogens with one attached hydrogen (secondary N) is 1. The highest BCUT2D eigenvalue weighted by Crippen LogP contribution is 2.26. The zero-order valence-corrected chi connectivity index (χ0v) is 19.5. The van der Waals surface area contributed by atoms with Crippen LogP contribution in [0.5, 0.6) is 0 Å². The van der Waals surface area contributed by atoms with Crippen molar-refractivity contribution in [1.29, 1.82) is 0 Å². The van der Waals surface area contributed by atoms with E-state index in [-0.39, 0.29) is 23.3 Å². The quantitative estimate of drug-likeness (QED) is 0.434. The van der Waals surface area contributed by atoms with Gasteiger partial charge in [0.2, 0.25) is 11.7 Å². The second kappa shape index (κ2) is 8.68. The van der Waals surface area contributed by atoms with Crippen molar-refractivity contribution < 1.29 is 9.53 Å². The number of anilines is 1. The minimum absolute atomic E-state index is 0.00449. The van der Waals surface area contributed by atoms with E-state index in [1.165, 1.54) is 23.1 Å². The van der Waals surface area contributed by atoms with E-state index >= 15 is 0 Å². The van der Waals surface area contributed by atoms with Crippen LogP contribution in [0.4, 0.5) is 5.69 Å². The Morgan fingerprint density at radius 1 is 1.28 bits per heavy atom. The van der Waals surface area contributed by atoms with E-state index in [9.17, 15) is 9.59 Å². The Morgan fingerprint density at radius 3 is 2.84 bits per heavy atom. The van der Waals surface area contributed by atoms with E-state index in [2.05, 4.69) is 15.5 Å². The fourth-order valence-corrected chi connectivity index (χ4v) is 5.63. The lowest BCUT2D eigenvalue weighted by molar-refractivity contribution is -0.113. The second-order valence-electron chi connectivity index (χ2n) is 7.91. The van der Waals surface area contributed by atoms with Crippen molar-refractivity contribution in [2.24, 2.45) is 0 Å². The molecule has 0 radical (unpaired) electrons. The highest BCUT2D eigenvalue weighted by molar-refractivity contribution is 7.99. The van der Waals surface area contributed by atoms with Crippen molar-refractivity contribution in [3.05, 3.63) is 51.1 Å². The minimum Gasteiger partial charge on any atom is -0.376 e. The van der Waals surface area contributed by atoms with Crippen LogP contribution in [0.2, 0.25) is 0 Å². The molecule has 1 atom stereocenters. The SMILES string of the molecule is Cc1cccc(C)c1NC(=O)CSc1nnc2n(CC3CCCO3)c(=O)c3sccc3n12. The molecule has 4 aromatic rings. The molecule has 1 unspecified atom stereocenters. The Kier molecular flexibility index (Phi) is 5.75. The number of thioether (sulfide) groups is 1. The molecule has 8 nitrogen and oxygen atoms in total. The zero-order valence-electron chi connectivity index (χ0n) is 17.8. The van der Waals surface area contributed by atoms with Crippen LogP contribution < -0.4 is 10.9 Å². The van der Waals surface area contributed by atoms with Gasteiger partial charge in [-0.25, -0.2) is 0 Å². The maximum Gasteiger partial charge on any atom is 0.272 e. The summed E-state index contributed by atoms with van der Waals surface area (Å²) < 4.78 is 9.92. The summed E-state index contributed by atoms with van der Waals surface area (Å²) in [7, 11) is 0. The minimum atomic E-state index is -0.113. The van der Waals surface area contributed by atoms with Crippen molar-refractivity contribution in [1.82, 2.24) is 19.2 Å². The predicted octanol–water partition coefficient (Wildman–Crippen LogP) is 3.63. The van der Waals surface area contributed by atoms with Crippen molar-refractivity contribution in [2.75, 3.05) is 17.7 Å². The summed E-state index contributed by atoms with van der Waals surface area (Å²) in [6, 6.07) is 7.82. The van der Waals surface area contributed by atoms with Gasteiger partial charge in [-0.15, -0.1) is 21.5 Å². The van der Waals surface area contributed by atoms with Crippen LogP contribution in [0.25, 0.3) is 16.0 Å². The molecule has 0 saturated carbocycles. The molecule has 5 rings (SSSR count). The number of amides is 1. The normalized spacial score (nSPS) is 16.2. The molecular weight excluding hydrogens is 446 g/mol. The third-order valence-corrected chi connectivity index (χ3v) is 7.49. The number of fused-ring (bicyclic) bond motifs is 3. The lowest BCUT2D eigenvalue weighted by atomic mass is 10.1. The Morgan fingerprint density at radius 2 is 2.09 bits per heavy atom. The van der Waals surface area contributed by atoms with Crippen molar-refractivity contribution in [3.8, 4) is 0 Å². The van der Waals surface area contributed by atoms with Gasteiger partial charge in [0.05, 0.1) is 23.9 Å². The van der Waals surface area contributed by atoms with Crippen LogP contribution in [-0.2, 0) is 16.1 Å². The summed E-state index contributed by atoms with van der Waals surface area (Å²) in [5.41, 5.74) is 3.58. The molecule has 1 amide bonds. The number of hydrogen-bond donors (Lipinski definition) is 1. The second-order valence-corrected chi connectivity index (χ2v) is 9.77. The first kappa shape index (κ1) is 21.2. The lowest BCUT2D eigenvalue weighted by Crippen LogP contribution is -2.28. The fraction of sp³-hybridized carbons (Fsp3) is 0.364. The molecule has 0 bridgehead atoms. The topological polar surface area (TPSA) is 90.5 Å². The maximum absolute atomic E-state index is 13.1. The standard InChI is InChI=1S/C22H23N5O3S2/c1-13-5-3-6-14(2)18(13)23-17(28)12-32-22-25-24-21-26(11-15-7-4-9-30-15)20(29)19-16(27(21)22)8-10-31-19/h3,5-6,8,10,15H,4,7,9,11-12H2,1-2H3,(H,23,28).